The first kappa shape index (κ1) is 15.6. The van der Waals surface area contributed by atoms with Crippen LogP contribution in [-0.2, 0) is 6.54 Å². The lowest BCUT2D eigenvalue weighted by Gasteiger charge is -2.13. The molecule has 1 unspecified atom stereocenters. The highest BCUT2D eigenvalue weighted by Crippen LogP contribution is 2.29. The fraction of sp³-hybridized carbons (Fsp3) is 0.167. The van der Waals surface area contributed by atoms with Crippen LogP contribution in [0.25, 0.3) is 0 Å². The maximum absolute atomic E-state index is 10.2. The molecule has 3 rings (SSSR count). The first-order chi connectivity index (χ1) is 11.2. The summed E-state index contributed by atoms with van der Waals surface area (Å²) in [5, 5.41) is 10.8. The van der Waals surface area contributed by atoms with Gasteiger partial charge in [-0.3, -0.25) is 0 Å². The predicted octanol–water partition coefficient (Wildman–Crippen LogP) is 4.45. The van der Waals surface area contributed by atoms with Crippen molar-refractivity contribution in [3.8, 4) is 11.5 Å². The Morgan fingerprint density at radius 1 is 1.13 bits per heavy atom. The standard InChI is InChI=1S/C18H17ClN2O2/c19-16-3-1-2-4-18(16)23-15-7-5-14(6-8-15)17(22)9-11-21-12-10-20-13-21/h1-8,10,12-13,17,22H,9,11H2. The molecule has 1 N–H and O–H groups in total. The number of halogens is 1. The lowest BCUT2D eigenvalue weighted by molar-refractivity contribution is 0.161. The Morgan fingerprint density at radius 2 is 1.91 bits per heavy atom. The van der Waals surface area contributed by atoms with Crippen molar-refractivity contribution in [3.05, 3.63) is 77.8 Å². The van der Waals surface area contributed by atoms with Crippen LogP contribution in [0.2, 0.25) is 5.02 Å². The third kappa shape index (κ3) is 4.12. The molecule has 1 heterocycles. The number of aliphatic hydroxyl groups is 1. The van der Waals surface area contributed by atoms with E-state index in [4.69, 9.17) is 16.3 Å². The van der Waals surface area contributed by atoms with E-state index in [2.05, 4.69) is 4.98 Å². The number of hydrogen-bond donors (Lipinski definition) is 1. The molecule has 0 saturated heterocycles. The number of aryl methyl sites for hydroxylation is 1. The Balaban J connectivity index is 1.61. The second kappa shape index (κ2) is 7.31. The van der Waals surface area contributed by atoms with Gasteiger partial charge in [-0.05, 0) is 36.2 Å². The average Bonchev–Trinajstić information content (AvgIpc) is 3.09. The monoisotopic (exact) mass is 328 g/mol. The lowest BCUT2D eigenvalue weighted by Crippen LogP contribution is -2.03. The normalized spacial score (nSPS) is 12.1. The summed E-state index contributed by atoms with van der Waals surface area (Å²) >= 11 is 6.07. The number of imidazole rings is 1. The van der Waals surface area contributed by atoms with Crippen molar-refractivity contribution in [2.45, 2.75) is 19.1 Å². The van der Waals surface area contributed by atoms with Gasteiger partial charge in [0.05, 0.1) is 17.5 Å². The highest BCUT2D eigenvalue weighted by molar-refractivity contribution is 6.32. The summed E-state index contributed by atoms with van der Waals surface area (Å²) in [5.41, 5.74) is 0.858. The molecule has 1 atom stereocenters. The van der Waals surface area contributed by atoms with E-state index in [9.17, 15) is 5.11 Å². The Labute approximate surface area is 139 Å². The van der Waals surface area contributed by atoms with Gasteiger partial charge < -0.3 is 14.4 Å². The Kier molecular flexibility index (Phi) is 4.95. The molecule has 0 aliphatic rings. The molecule has 0 spiro atoms. The van der Waals surface area contributed by atoms with E-state index in [0.29, 0.717) is 22.9 Å². The second-order valence-corrected chi connectivity index (χ2v) is 5.61. The zero-order valence-electron chi connectivity index (χ0n) is 12.5. The van der Waals surface area contributed by atoms with Crippen LogP contribution in [0.4, 0.5) is 0 Å². The Morgan fingerprint density at radius 3 is 2.61 bits per heavy atom. The van der Waals surface area contributed by atoms with Gasteiger partial charge in [0.15, 0.2) is 0 Å². The summed E-state index contributed by atoms with van der Waals surface area (Å²) in [5.74, 6) is 1.30. The van der Waals surface area contributed by atoms with Crippen molar-refractivity contribution in [2.75, 3.05) is 0 Å². The van der Waals surface area contributed by atoms with Crippen molar-refractivity contribution in [1.29, 1.82) is 0 Å². The molecule has 3 aromatic rings. The zero-order valence-corrected chi connectivity index (χ0v) is 13.2. The minimum Gasteiger partial charge on any atom is -0.456 e. The Bertz CT molecular complexity index is 742. The first-order valence-corrected chi connectivity index (χ1v) is 7.76. The molecule has 118 valence electrons. The maximum atomic E-state index is 10.2. The average molecular weight is 329 g/mol. The SMILES string of the molecule is OC(CCn1ccnc1)c1ccc(Oc2ccccc2Cl)cc1. The van der Waals surface area contributed by atoms with Crippen molar-refractivity contribution >= 4 is 11.6 Å². The van der Waals surface area contributed by atoms with Crippen molar-refractivity contribution < 1.29 is 9.84 Å². The molecule has 1 aromatic heterocycles. The van der Waals surface area contributed by atoms with Crippen LogP contribution >= 0.6 is 11.6 Å². The molecule has 0 bridgehead atoms. The van der Waals surface area contributed by atoms with E-state index < -0.39 is 6.10 Å². The van der Waals surface area contributed by atoms with E-state index in [-0.39, 0.29) is 0 Å². The van der Waals surface area contributed by atoms with E-state index in [1.165, 1.54) is 0 Å². The van der Waals surface area contributed by atoms with Gasteiger partial charge in [0, 0.05) is 18.9 Å². The fourth-order valence-corrected chi connectivity index (χ4v) is 2.44. The molecule has 2 aromatic carbocycles. The molecular weight excluding hydrogens is 312 g/mol. The van der Waals surface area contributed by atoms with Gasteiger partial charge in [-0.1, -0.05) is 35.9 Å². The summed E-state index contributed by atoms with van der Waals surface area (Å²) in [4.78, 5) is 3.99. The fourth-order valence-electron chi connectivity index (χ4n) is 2.27. The molecule has 0 saturated carbocycles. The van der Waals surface area contributed by atoms with E-state index in [1.807, 2.05) is 53.2 Å². The second-order valence-electron chi connectivity index (χ2n) is 5.21. The van der Waals surface area contributed by atoms with Gasteiger partial charge in [0.25, 0.3) is 0 Å². The number of benzene rings is 2. The summed E-state index contributed by atoms with van der Waals surface area (Å²) in [6.45, 7) is 0.721. The molecule has 23 heavy (non-hydrogen) atoms. The number of rotatable bonds is 6. The molecule has 5 heteroatoms. The smallest absolute Gasteiger partial charge is 0.146 e. The van der Waals surface area contributed by atoms with Crippen LogP contribution in [0.5, 0.6) is 11.5 Å². The summed E-state index contributed by atoms with van der Waals surface area (Å²) in [6, 6.07) is 14.7. The number of aromatic nitrogens is 2. The minimum atomic E-state index is -0.522. The van der Waals surface area contributed by atoms with E-state index in [1.54, 1.807) is 18.6 Å². The highest BCUT2D eigenvalue weighted by Gasteiger charge is 2.08. The molecule has 0 radical (unpaired) electrons. The first-order valence-electron chi connectivity index (χ1n) is 7.38. The van der Waals surface area contributed by atoms with Crippen LogP contribution in [0.15, 0.2) is 67.3 Å². The summed E-state index contributed by atoms with van der Waals surface area (Å²) in [7, 11) is 0. The number of hydrogen-bond acceptors (Lipinski definition) is 3. The molecule has 0 aliphatic heterocycles. The van der Waals surface area contributed by atoms with Gasteiger partial charge in [-0.15, -0.1) is 0 Å². The molecule has 0 fully saturated rings. The van der Waals surface area contributed by atoms with Crippen LogP contribution in [-0.4, -0.2) is 14.7 Å². The third-order valence-electron chi connectivity index (χ3n) is 3.55. The number of ether oxygens (including phenoxy) is 1. The number of nitrogens with zero attached hydrogens (tertiary/aromatic N) is 2. The quantitative estimate of drug-likeness (QED) is 0.727. The summed E-state index contributed by atoms with van der Waals surface area (Å²) < 4.78 is 7.68. The van der Waals surface area contributed by atoms with Gasteiger partial charge in [0.2, 0.25) is 0 Å². The van der Waals surface area contributed by atoms with Gasteiger partial charge in [0.1, 0.15) is 11.5 Å². The lowest BCUT2D eigenvalue weighted by atomic mass is 10.1. The topological polar surface area (TPSA) is 47.3 Å². The van der Waals surface area contributed by atoms with Gasteiger partial charge >= 0.3 is 0 Å². The van der Waals surface area contributed by atoms with Crippen molar-refractivity contribution in [1.82, 2.24) is 9.55 Å². The predicted molar refractivity (Wildman–Crippen MR) is 89.8 cm³/mol. The molecular formula is C18H17ClN2O2. The number of aliphatic hydroxyl groups excluding tert-OH is 1. The van der Waals surface area contributed by atoms with Crippen LogP contribution in [0.1, 0.15) is 18.1 Å². The van der Waals surface area contributed by atoms with Crippen LogP contribution < -0.4 is 4.74 Å². The molecule has 0 amide bonds. The largest absolute Gasteiger partial charge is 0.456 e. The maximum Gasteiger partial charge on any atom is 0.146 e. The van der Waals surface area contributed by atoms with Crippen LogP contribution in [0.3, 0.4) is 0 Å². The molecule has 4 nitrogen and oxygen atoms in total. The summed E-state index contributed by atoms with van der Waals surface area (Å²) in [6.07, 6.45) is 5.46. The number of para-hydroxylation sites is 1. The Hall–Kier alpha value is -2.30. The van der Waals surface area contributed by atoms with Crippen molar-refractivity contribution in [2.24, 2.45) is 0 Å². The molecule has 0 aliphatic carbocycles. The van der Waals surface area contributed by atoms with E-state index >= 15 is 0 Å². The van der Waals surface area contributed by atoms with Crippen molar-refractivity contribution in [3.63, 3.8) is 0 Å². The van der Waals surface area contributed by atoms with Crippen LogP contribution in [0, 0.1) is 0 Å². The zero-order chi connectivity index (χ0) is 16.1. The minimum absolute atomic E-state index is 0.522. The third-order valence-corrected chi connectivity index (χ3v) is 3.86. The van der Waals surface area contributed by atoms with E-state index in [0.717, 1.165) is 12.1 Å². The highest BCUT2D eigenvalue weighted by atomic mass is 35.5. The van der Waals surface area contributed by atoms with Gasteiger partial charge in [-0.25, -0.2) is 4.98 Å². The van der Waals surface area contributed by atoms with Gasteiger partial charge in [-0.2, -0.15) is 0 Å².